The lowest BCUT2D eigenvalue weighted by Crippen LogP contribution is -2.35. The summed E-state index contributed by atoms with van der Waals surface area (Å²) in [7, 11) is 0. The van der Waals surface area contributed by atoms with Gasteiger partial charge >= 0.3 is 0 Å². The van der Waals surface area contributed by atoms with E-state index in [0.29, 0.717) is 18.4 Å². The van der Waals surface area contributed by atoms with Crippen LogP contribution in [0.4, 0.5) is 0 Å². The van der Waals surface area contributed by atoms with Crippen molar-refractivity contribution < 1.29 is 14.7 Å². The van der Waals surface area contributed by atoms with Crippen LogP contribution < -0.4 is 0 Å². The van der Waals surface area contributed by atoms with Crippen molar-refractivity contribution in [3.63, 3.8) is 0 Å². The maximum absolute atomic E-state index is 11.7. The van der Waals surface area contributed by atoms with Crippen molar-refractivity contribution in [1.82, 2.24) is 0 Å². The Morgan fingerprint density at radius 2 is 2.04 bits per heavy atom. The van der Waals surface area contributed by atoms with Gasteiger partial charge in [0, 0.05) is 11.8 Å². The van der Waals surface area contributed by atoms with Gasteiger partial charge in [0.1, 0.15) is 12.6 Å². The summed E-state index contributed by atoms with van der Waals surface area (Å²) >= 11 is 0. The summed E-state index contributed by atoms with van der Waals surface area (Å²) in [6.07, 6.45) is 10.0. The number of carbonyl (C=O) groups is 2. The number of aliphatic hydroxyl groups excluding tert-OH is 1. The van der Waals surface area contributed by atoms with E-state index in [2.05, 4.69) is 26.8 Å². The molecule has 0 radical (unpaired) electrons. The zero-order chi connectivity index (χ0) is 17.4. The summed E-state index contributed by atoms with van der Waals surface area (Å²) in [6.45, 7) is 8.19. The number of hydrogen-bond donors (Lipinski definition) is 1. The van der Waals surface area contributed by atoms with Crippen molar-refractivity contribution in [1.29, 1.82) is 0 Å². The summed E-state index contributed by atoms with van der Waals surface area (Å²) in [6, 6.07) is 0. The maximum atomic E-state index is 11.7. The molecule has 128 valence electrons. The molecule has 4 atom stereocenters. The number of aldehydes is 2. The predicted molar refractivity (Wildman–Crippen MR) is 94.0 cm³/mol. The molecule has 1 aliphatic carbocycles. The van der Waals surface area contributed by atoms with Gasteiger partial charge in [-0.25, -0.2) is 0 Å². The average Bonchev–Trinajstić information content (AvgIpc) is 2.53. The van der Waals surface area contributed by atoms with Crippen LogP contribution in [0.5, 0.6) is 0 Å². The second kappa shape index (κ2) is 9.61. The lowest BCUT2D eigenvalue weighted by Gasteiger charge is -2.33. The molecule has 3 nitrogen and oxygen atoms in total. The van der Waals surface area contributed by atoms with Crippen LogP contribution in [0.3, 0.4) is 0 Å². The van der Waals surface area contributed by atoms with Crippen molar-refractivity contribution >= 4 is 12.6 Å². The first-order valence-electron chi connectivity index (χ1n) is 8.48. The molecule has 0 spiro atoms. The molecule has 1 N–H and O–H groups in total. The van der Waals surface area contributed by atoms with Gasteiger partial charge in [-0.05, 0) is 57.9 Å². The molecule has 0 bridgehead atoms. The quantitative estimate of drug-likeness (QED) is 0.594. The summed E-state index contributed by atoms with van der Waals surface area (Å²) in [5.41, 5.74) is 2.88. The molecular formula is C20H30O3. The Labute approximate surface area is 140 Å². The van der Waals surface area contributed by atoms with E-state index in [1.165, 1.54) is 5.57 Å². The largest absolute Gasteiger partial charge is 0.392 e. The zero-order valence-corrected chi connectivity index (χ0v) is 14.8. The van der Waals surface area contributed by atoms with Crippen LogP contribution in [-0.2, 0) is 9.59 Å². The van der Waals surface area contributed by atoms with E-state index >= 15 is 0 Å². The molecule has 0 heterocycles. The number of allylic oxidation sites excluding steroid dienone is 5. The Balaban J connectivity index is 3.07. The highest BCUT2D eigenvalue weighted by Gasteiger charge is 2.35. The van der Waals surface area contributed by atoms with Gasteiger partial charge in [-0.1, -0.05) is 36.3 Å². The monoisotopic (exact) mass is 318 g/mol. The van der Waals surface area contributed by atoms with Gasteiger partial charge in [-0.3, -0.25) is 4.79 Å². The molecular weight excluding hydrogens is 288 g/mol. The third-order valence-electron chi connectivity index (χ3n) is 4.71. The molecule has 0 aromatic heterocycles. The molecule has 0 saturated heterocycles. The molecule has 0 fully saturated rings. The first-order valence-corrected chi connectivity index (χ1v) is 8.48. The van der Waals surface area contributed by atoms with Crippen LogP contribution in [0.2, 0.25) is 0 Å². The Morgan fingerprint density at radius 1 is 1.35 bits per heavy atom. The van der Waals surface area contributed by atoms with Crippen molar-refractivity contribution in [2.75, 3.05) is 0 Å². The van der Waals surface area contributed by atoms with Crippen molar-refractivity contribution in [2.45, 2.75) is 59.5 Å². The third-order valence-corrected chi connectivity index (χ3v) is 4.71. The summed E-state index contributed by atoms with van der Waals surface area (Å²) < 4.78 is 0. The Morgan fingerprint density at radius 3 is 2.61 bits per heavy atom. The van der Waals surface area contributed by atoms with E-state index in [4.69, 9.17) is 0 Å². The molecule has 3 heteroatoms. The average molecular weight is 318 g/mol. The molecule has 0 aromatic rings. The second-order valence-electron chi connectivity index (χ2n) is 6.95. The molecule has 23 heavy (non-hydrogen) atoms. The lowest BCUT2D eigenvalue weighted by molar-refractivity contribution is -0.116. The molecule has 0 amide bonds. The molecule has 0 aromatic carbocycles. The van der Waals surface area contributed by atoms with E-state index in [0.717, 1.165) is 31.0 Å². The third kappa shape index (κ3) is 5.91. The first-order chi connectivity index (χ1) is 10.9. The first kappa shape index (κ1) is 19.6. The van der Waals surface area contributed by atoms with E-state index < -0.39 is 12.0 Å². The smallest absolute Gasteiger partial charge is 0.146 e. The van der Waals surface area contributed by atoms with Gasteiger partial charge in [-0.2, -0.15) is 0 Å². The summed E-state index contributed by atoms with van der Waals surface area (Å²) in [5, 5.41) is 10.7. The van der Waals surface area contributed by atoms with Crippen LogP contribution in [0.1, 0.15) is 53.4 Å². The van der Waals surface area contributed by atoms with E-state index in [1.54, 1.807) is 0 Å². The standard InChI is InChI=1S/C20H30O3/c1-14(2)7-5-9-16(4)20-18(13-22)17(12-21)10-6-8-15(3)11-19(20)23/h7-8,10,12-13,16,18-20,23H,5-6,9,11H2,1-4H3/b15-8+,17-10-/t16-,18-,19-,20+/m1/s1. The minimum atomic E-state index is -0.607. The van der Waals surface area contributed by atoms with Gasteiger partial charge in [-0.15, -0.1) is 0 Å². The lowest BCUT2D eigenvalue weighted by atomic mass is 9.73. The number of aliphatic hydroxyl groups is 1. The van der Waals surface area contributed by atoms with Gasteiger partial charge < -0.3 is 9.90 Å². The normalized spacial score (nSPS) is 31.3. The highest BCUT2D eigenvalue weighted by molar-refractivity contribution is 5.81. The second-order valence-corrected chi connectivity index (χ2v) is 6.95. The molecule has 1 aliphatic rings. The predicted octanol–water partition coefficient (Wildman–Crippen LogP) is 4.03. The van der Waals surface area contributed by atoms with Crippen molar-refractivity contribution in [2.24, 2.45) is 17.8 Å². The Bertz CT molecular complexity index is 495. The van der Waals surface area contributed by atoms with Gasteiger partial charge in [0.25, 0.3) is 0 Å². The van der Waals surface area contributed by atoms with Crippen LogP contribution >= 0.6 is 0 Å². The van der Waals surface area contributed by atoms with E-state index in [9.17, 15) is 14.7 Å². The zero-order valence-electron chi connectivity index (χ0n) is 14.8. The van der Waals surface area contributed by atoms with Crippen LogP contribution in [0.15, 0.2) is 34.9 Å². The van der Waals surface area contributed by atoms with E-state index in [1.807, 2.05) is 19.1 Å². The van der Waals surface area contributed by atoms with Crippen molar-refractivity contribution in [3.8, 4) is 0 Å². The summed E-state index contributed by atoms with van der Waals surface area (Å²) in [4.78, 5) is 23.1. The number of hydrogen-bond acceptors (Lipinski definition) is 3. The van der Waals surface area contributed by atoms with Crippen molar-refractivity contribution in [3.05, 3.63) is 34.9 Å². The van der Waals surface area contributed by atoms with E-state index in [-0.39, 0.29) is 11.8 Å². The van der Waals surface area contributed by atoms with Crippen LogP contribution in [0, 0.1) is 17.8 Å². The molecule has 0 aliphatic heterocycles. The van der Waals surface area contributed by atoms with Gasteiger partial charge in [0.15, 0.2) is 0 Å². The minimum absolute atomic E-state index is 0.157. The van der Waals surface area contributed by atoms with Gasteiger partial charge in [0.05, 0.1) is 6.10 Å². The number of rotatable bonds is 6. The topological polar surface area (TPSA) is 54.4 Å². The maximum Gasteiger partial charge on any atom is 0.146 e. The minimum Gasteiger partial charge on any atom is -0.392 e. The number of carbonyl (C=O) groups excluding carboxylic acids is 2. The fourth-order valence-electron chi connectivity index (χ4n) is 3.40. The van der Waals surface area contributed by atoms with Crippen LogP contribution in [0.25, 0.3) is 0 Å². The highest BCUT2D eigenvalue weighted by Crippen LogP contribution is 2.34. The summed E-state index contributed by atoms with van der Waals surface area (Å²) in [5.74, 6) is -0.593. The molecule has 0 unspecified atom stereocenters. The van der Waals surface area contributed by atoms with Crippen LogP contribution in [-0.4, -0.2) is 23.8 Å². The fourth-order valence-corrected chi connectivity index (χ4v) is 3.40. The van der Waals surface area contributed by atoms with Gasteiger partial charge in [0.2, 0.25) is 0 Å². The fraction of sp³-hybridized carbons (Fsp3) is 0.600. The molecule has 1 rings (SSSR count). The SMILES string of the molecule is CC(C)=CCC[C@@H](C)[C@@H]1[C@H](O)C/C(C)=C/C/C=C(/C=O)[C@H]1C=O. The Hall–Kier alpha value is -1.48. The Kier molecular flexibility index (Phi) is 8.18. The molecule has 0 saturated carbocycles. The highest BCUT2D eigenvalue weighted by atomic mass is 16.3.